The summed E-state index contributed by atoms with van der Waals surface area (Å²) in [5.41, 5.74) is 2.54. The summed E-state index contributed by atoms with van der Waals surface area (Å²) in [4.78, 5) is 18.0. The van der Waals surface area contributed by atoms with Gasteiger partial charge in [-0.2, -0.15) is 9.50 Å². The van der Waals surface area contributed by atoms with Gasteiger partial charge in [0.15, 0.2) is 17.3 Å². The molecule has 0 fully saturated rings. The Hall–Kier alpha value is -4.17. The fourth-order valence-electron chi connectivity index (χ4n) is 3.48. The molecular formula is C26H21N3O4S. The maximum absolute atomic E-state index is 12.9. The van der Waals surface area contributed by atoms with E-state index in [1.807, 2.05) is 66.7 Å². The maximum atomic E-state index is 12.9. The lowest BCUT2D eigenvalue weighted by Gasteiger charge is -2.07. The SMILES string of the molecule is COc1ccc(-c2nc3sc(=Cc4ccc(OCc5ccccc5)cc4)c(=O)n3n2)cc1OC. The highest BCUT2D eigenvalue weighted by molar-refractivity contribution is 7.15. The van der Waals surface area contributed by atoms with E-state index < -0.39 is 0 Å². The number of hydrogen-bond acceptors (Lipinski definition) is 7. The van der Waals surface area contributed by atoms with Gasteiger partial charge in [-0.3, -0.25) is 4.79 Å². The molecule has 0 aliphatic carbocycles. The average molecular weight is 472 g/mol. The van der Waals surface area contributed by atoms with E-state index in [4.69, 9.17) is 14.2 Å². The van der Waals surface area contributed by atoms with Crippen molar-refractivity contribution in [2.24, 2.45) is 0 Å². The largest absolute Gasteiger partial charge is 0.493 e. The Morgan fingerprint density at radius 1 is 0.941 bits per heavy atom. The molecule has 0 bridgehead atoms. The smallest absolute Gasteiger partial charge is 0.291 e. The molecule has 2 heterocycles. The average Bonchev–Trinajstić information content (AvgIpc) is 3.43. The Morgan fingerprint density at radius 2 is 1.71 bits per heavy atom. The van der Waals surface area contributed by atoms with Crippen LogP contribution in [0.1, 0.15) is 11.1 Å². The summed E-state index contributed by atoms with van der Waals surface area (Å²) in [6, 6.07) is 23.0. The molecule has 0 saturated carbocycles. The number of rotatable bonds is 7. The highest BCUT2D eigenvalue weighted by atomic mass is 32.1. The summed E-state index contributed by atoms with van der Waals surface area (Å²) in [7, 11) is 3.15. The lowest BCUT2D eigenvalue weighted by molar-refractivity contribution is 0.306. The third-order valence-corrected chi connectivity index (χ3v) is 6.21. The number of hydrogen-bond donors (Lipinski definition) is 0. The molecule has 8 heteroatoms. The normalized spacial score (nSPS) is 11.6. The van der Waals surface area contributed by atoms with E-state index in [2.05, 4.69) is 10.1 Å². The predicted octanol–water partition coefficient (Wildman–Crippen LogP) is 3.96. The molecule has 0 unspecified atom stereocenters. The van der Waals surface area contributed by atoms with Gasteiger partial charge in [0.2, 0.25) is 4.96 Å². The van der Waals surface area contributed by atoms with Crippen molar-refractivity contribution in [1.29, 1.82) is 0 Å². The zero-order valence-corrected chi connectivity index (χ0v) is 19.4. The van der Waals surface area contributed by atoms with Gasteiger partial charge in [-0.1, -0.05) is 53.8 Å². The van der Waals surface area contributed by atoms with E-state index in [1.165, 1.54) is 15.9 Å². The molecule has 170 valence electrons. The molecule has 0 atom stereocenters. The van der Waals surface area contributed by atoms with Crippen molar-refractivity contribution < 1.29 is 14.2 Å². The molecule has 0 aliphatic rings. The van der Waals surface area contributed by atoms with Crippen molar-refractivity contribution in [3.63, 3.8) is 0 Å². The van der Waals surface area contributed by atoms with Crippen molar-refractivity contribution in [2.75, 3.05) is 14.2 Å². The monoisotopic (exact) mass is 471 g/mol. The van der Waals surface area contributed by atoms with Crippen LogP contribution in [0.15, 0.2) is 77.6 Å². The lowest BCUT2D eigenvalue weighted by Crippen LogP contribution is -2.23. The Morgan fingerprint density at radius 3 is 2.41 bits per heavy atom. The summed E-state index contributed by atoms with van der Waals surface area (Å²) in [6.07, 6.45) is 1.83. The van der Waals surface area contributed by atoms with Gasteiger partial charge in [0.1, 0.15) is 12.4 Å². The molecule has 0 N–H and O–H groups in total. The summed E-state index contributed by atoms with van der Waals surface area (Å²) in [6.45, 7) is 0.505. The predicted molar refractivity (Wildman–Crippen MR) is 132 cm³/mol. The first-order chi connectivity index (χ1) is 16.6. The quantitative estimate of drug-likeness (QED) is 0.358. The van der Waals surface area contributed by atoms with Gasteiger partial charge in [0.05, 0.1) is 18.8 Å². The first-order valence-corrected chi connectivity index (χ1v) is 11.4. The number of methoxy groups -OCH3 is 2. The van der Waals surface area contributed by atoms with Crippen LogP contribution in [0.3, 0.4) is 0 Å². The van der Waals surface area contributed by atoms with E-state index in [9.17, 15) is 4.79 Å². The van der Waals surface area contributed by atoms with Crippen molar-refractivity contribution >= 4 is 22.4 Å². The summed E-state index contributed by atoms with van der Waals surface area (Å²) >= 11 is 1.30. The number of benzene rings is 3. The fraction of sp³-hybridized carbons (Fsp3) is 0.115. The van der Waals surface area contributed by atoms with Crippen LogP contribution in [0, 0.1) is 0 Å². The van der Waals surface area contributed by atoms with Crippen LogP contribution in [-0.2, 0) is 6.61 Å². The minimum atomic E-state index is -0.205. The van der Waals surface area contributed by atoms with Crippen LogP contribution in [0.4, 0.5) is 0 Å². The van der Waals surface area contributed by atoms with Crippen molar-refractivity contribution in [3.05, 3.63) is 98.8 Å². The number of thiazole rings is 1. The van der Waals surface area contributed by atoms with E-state index in [-0.39, 0.29) is 5.56 Å². The molecule has 5 aromatic rings. The molecule has 7 nitrogen and oxygen atoms in total. The molecule has 34 heavy (non-hydrogen) atoms. The third-order valence-electron chi connectivity index (χ3n) is 5.25. The fourth-order valence-corrected chi connectivity index (χ4v) is 4.39. The summed E-state index contributed by atoms with van der Waals surface area (Å²) < 4.78 is 18.3. The molecule has 3 aromatic carbocycles. The Kier molecular flexibility index (Phi) is 5.97. The van der Waals surface area contributed by atoms with Crippen molar-refractivity contribution in [2.45, 2.75) is 6.61 Å². The minimum Gasteiger partial charge on any atom is -0.493 e. The number of nitrogens with zero attached hydrogens (tertiary/aromatic N) is 3. The number of ether oxygens (including phenoxy) is 3. The molecule has 5 rings (SSSR count). The van der Waals surface area contributed by atoms with Crippen LogP contribution < -0.4 is 24.3 Å². The topological polar surface area (TPSA) is 75.0 Å². The molecule has 0 radical (unpaired) electrons. The number of fused-ring (bicyclic) bond motifs is 1. The van der Waals surface area contributed by atoms with Gasteiger partial charge in [-0.15, -0.1) is 5.10 Å². The molecule has 0 spiro atoms. The summed E-state index contributed by atoms with van der Waals surface area (Å²) in [5.74, 6) is 2.41. The van der Waals surface area contributed by atoms with Crippen molar-refractivity contribution in [3.8, 4) is 28.6 Å². The zero-order valence-electron chi connectivity index (χ0n) is 18.6. The van der Waals surface area contributed by atoms with E-state index in [0.717, 1.165) is 22.4 Å². The van der Waals surface area contributed by atoms with Crippen LogP contribution in [0.25, 0.3) is 22.4 Å². The highest BCUT2D eigenvalue weighted by Gasteiger charge is 2.14. The molecule has 0 saturated heterocycles. The van der Waals surface area contributed by atoms with Gasteiger partial charge in [-0.05, 0) is 47.5 Å². The molecular weight excluding hydrogens is 450 g/mol. The first-order valence-electron chi connectivity index (χ1n) is 10.5. The van der Waals surface area contributed by atoms with E-state index >= 15 is 0 Å². The van der Waals surface area contributed by atoms with Crippen molar-refractivity contribution in [1.82, 2.24) is 14.6 Å². The van der Waals surface area contributed by atoms with Gasteiger partial charge < -0.3 is 14.2 Å². The van der Waals surface area contributed by atoms with Gasteiger partial charge >= 0.3 is 0 Å². The highest BCUT2D eigenvalue weighted by Crippen LogP contribution is 2.31. The van der Waals surface area contributed by atoms with E-state index in [1.54, 1.807) is 26.4 Å². The molecule has 0 amide bonds. The van der Waals surface area contributed by atoms with Crippen LogP contribution >= 0.6 is 11.3 Å². The van der Waals surface area contributed by atoms with E-state index in [0.29, 0.717) is 33.4 Å². The maximum Gasteiger partial charge on any atom is 0.291 e. The second-order valence-corrected chi connectivity index (χ2v) is 8.47. The Balaban J connectivity index is 1.37. The third kappa shape index (κ3) is 4.35. The second kappa shape index (κ2) is 9.36. The Labute approximate surface area is 199 Å². The zero-order chi connectivity index (χ0) is 23.5. The summed E-state index contributed by atoms with van der Waals surface area (Å²) in [5, 5.41) is 4.41. The van der Waals surface area contributed by atoms with Gasteiger partial charge in [0, 0.05) is 5.56 Å². The number of aromatic nitrogens is 3. The standard InChI is InChI=1S/C26H21N3O4S/c1-31-21-13-10-19(15-22(21)32-2)24-27-26-29(28-24)25(30)23(34-26)14-17-8-11-20(12-9-17)33-16-18-6-4-3-5-7-18/h3-15H,16H2,1-2H3. The van der Waals surface area contributed by atoms with Crippen LogP contribution in [-0.4, -0.2) is 28.8 Å². The van der Waals surface area contributed by atoms with Gasteiger partial charge in [-0.25, -0.2) is 0 Å². The van der Waals surface area contributed by atoms with Crippen LogP contribution in [0.2, 0.25) is 0 Å². The molecule has 2 aromatic heterocycles. The second-order valence-electron chi connectivity index (χ2n) is 7.46. The molecule has 0 aliphatic heterocycles. The van der Waals surface area contributed by atoms with Crippen LogP contribution in [0.5, 0.6) is 17.2 Å². The lowest BCUT2D eigenvalue weighted by atomic mass is 10.2. The first kappa shape index (κ1) is 21.7. The Bertz CT molecular complexity index is 1540. The van der Waals surface area contributed by atoms with Gasteiger partial charge in [0.25, 0.3) is 5.56 Å². The minimum absolute atomic E-state index is 0.205.